The zero-order chi connectivity index (χ0) is 15.1. The van der Waals surface area contributed by atoms with E-state index in [1.54, 1.807) is 14.2 Å². The molecule has 0 bridgehead atoms. The molecule has 0 saturated heterocycles. The third kappa shape index (κ3) is 4.35. The van der Waals surface area contributed by atoms with Gasteiger partial charge in [0.25, 0.3) is 0 Å². The summed E-state index contributed by atoms with van der Waals surface area (Å²) in [5.74, 6) is 1.61. The Labute approximate surface area is 127 Å². The standard InChI is InChI=1S/C18H24O3/c1-20-17-11-10-14(13-18(17)21-2)12-16(19)15-8-6-4-3-5-7-9-15/h8,10-11,13H,3-7,9,12H2,1-2H3/b15-8+. The highest BCUT2D eigenvalue weighted by Gasteiger charge is 2.13. The molecule has 21 heavy (non-hydrogen) atoms. The summed E-state index contributed by atoms with van der Waals surface area (Å²) in [7, 11) is 3.22. The summed E-state index contributed by atoms with van der Waals surface area (Å²) in [4.78, 5) is 12.4. The second kappa shape index (κ2) is 7.87. The average Bonchev–Trinajstić information content (AvgIpc) is 2.46. The van der Waals surface area contributed by atoms with Crippen molar-refractivity contribution in [2.75, 3.05) is 14.2 Å². The molecule has 1 aromatic rings. The highest BCUT2D eigenvalue weighted by atomic mass is 16.5. The maximum atomic E-state index is 12.4. The number of ether oxygens (including phenoxy) is 2. The number of carbonyl (C=O) groups is 1. The third-order valence-electron chi connectivity index (χ3n) is 3.96. The molecule has 0 radical (unpaired) electrons. The smallest absolute Gasteiger partial charge is 0.162 e. The zero-order valence-corrected chi connectivity index (χ0v) is 13.0. The summed E-state index contributed by atoms with van der Waals surface area (Å²) in [6.07, 6.45) is 9.39. The van der Waals surface area contributed by atoms with E-state index in [0.717, 1.165) is 30.4 Å². The molecule has 3 nitrogen and oxygen atoms in total. The fourth-order valence-electron chi connectivity index (χ4n) is 2.73. The molecule has 1 aliphatic rings. The van der Waals surface area contributed by atoms with Crippen molar-refractivity contribution >= 4 is 5.78 Å². The molecule has 3 heteroatoms. The van der Waals surface area contributed by atoms with Crippen molar-refractivity contribution in [2.45, 2.75) is 44.9 Å². The summed E-state index contributed by atoms with van der Waals surface area (Å²) in [5.41, 5.74) is 1.98. The van der Waals surface area contributed by atoms with Gasteiger partial charge in [-0.25, -0.2) is 0 Å². The van der Waals surface area contributed by atoms with Gasteiger partial charge in [0.15, 0.2) is 17.3 Å². The Hall–Kier alpha value is -1.77. The Balaban J connectivity index is 2.08. The second-order valence-electron chi connectivity index (χ2n) is 5.47. The average molecular weight is 288 g/mol. The Kier molecular flexibility index (Phi) is 5.85. The van der Waals surface area contributed by atoms with Gasteiger partial charge in [-0.15, -0.1) is 0 Å². The number of ketones is 1. The number of hydrogen-bond donors (Lipinski definition) is 0. The number of benzene rings is 1. The quantitative estimate of drug-likeness (QED) is 0.818. The fourth-order valence-corrected chi connectivity index (χ4v) is 2.73. The third-order valence-corrected chi connectivity index (χ3v) is 3.96. The van der Waals surface area contributed by atoms with Crippen LogP contribution in [-0.4, -0.2) is 20.0 Å². The van der Waals surface area contributed by atoms with Crippen molar-refractivity contribution in [1.82, 2.24) is 0 Å². The first kappa shape index (κ1) is 15.6. The number of methoxy groups -OCH3 is 2. The molecule has 0 N–H and O–H groups in total. The number of allylic oxidation sites excluding steroid dienone is 2. The minimum atomic E-state index is 0.240. The lowest BCUT2D eigenvalue weighted by atomic mass is 9.94. The normalized spacial score (nSPS) is 18.1. The van der Waals surface area contributed by atoms with Crippen LogP contribution in [0.15, 0.2) is 29.8 Å². The molecule has 2 rings (SSSR count). The highest BCUT2D eigenvalue weighted by molar-refractivity contribution is 5.96. The van der Waals surface area contributed by atoms with Gasteiger partial charge in [-0.1, -0.05) is 25.0 Å². The van der Waals surface area contributed by atoms with Crippen molar-refractivity contribution in [2.24, 2.45) is 0 Å². The van der Waals surface area contributed by atoms with E-state index in [2.05, 4.69) is 6.08 Å². The van der Waals surface area contributed by atoms with Crippen LogP contribution in [0.25, 0.3) is 0 Å². The second-order valence-corrected chi connectivity index (χ2v) is 5.47. The molecule has 0 aliphatic heterocycles. The lowest BCUT2D eigenvalue weighted by molar-refractivity contribution is -0.115. The largest absolute Gasteiger partial charge is 0.493 e. The van der Waals surface area contributed by atoms with Gasteiger partial charge in [0, 0.05) is 6.42 Å². The Bertz CT molecular complexity index is 517. The van der Waals surface area contributed by atoms with E-state index < -0.39 is 0 Å². The van der Waals surface area contributed by atoms with Crippen LogP contribution in [0.2, 0.25) is 0 Å². The number of Topliss-reactive ketones (excluding diaryl/α,β-unsaturated/α-hetero) is 1. The molecule has 0 heterocycles. The summed E-state index contributed by atoms with van der Waals surface area (Å²) in [5, 5.41) is 0. The number of hydrogen-bond acceptors (Lipinski definition) is 3. The van der Waals surface area contributed by atoms with Gasteiger partial charge in [-0.05, 0) is 49.0 Å². The number of rotatable bonds is 5. The van der Waals surface area contributed by atoms with Crippen LogP contribution >= 0.6 is 0 Å². The Morgan fingerprint density at radius 1 is 1.05 bits per heavy atom. The van der Waals surface area contributed by atoms with Crippen molar-refractivity contribution in [3.05, 3.63) is 35.4 Å². The van der Waals surface area contributed by atoms with Gasteiger partial charge in [0.1, 0.15) is 0 Å². The van der Waals surface area contributed by atoms with Crippen LogP contribution in [-0.2, 0) is 11.2 Å². The van der Waals surface area contributed by atoms with E-state index in [9.17, 15) is 4.79 Å². The van der Waals surface area contributed by atoms with Crippen molar-refractivity contribution in [1.29, 1.82) is 0 Å². The predicted molar refractivity (Wildman–Crippen MR) is 84.0 cm³/mol. The van der Waals surface area contributed by atoms with E-state index in [4.69, 9.17) is 9.47 Å². The Morgan fingerprint density at radius 3 is 2.57 bits per heavy atom. The van der Waals surface area contributed by atoms with Crippen LogP contribution in [0.5, 0.6) is 11.5 Å². The summed E-state index contributed by atoms with van der Waals surface area (Å²) in [6.45, 7) is 0. The maximum absolute atomic E-state index is 12.4. The van der Waals surface area contributed by atoms with Gasteiger partial charge < -0.3 is 9.47 Å². The van der Waals surface area contributed by atoms with Crippen LogP contribution < -0.4 is 9.47 Å². The SMILES string of the molecule is COc1ccc(CC(=O)/C2=C/CCCCCC2)cc1OC. The zero-order valence-electron chi connectivity index (χ0n) is 13.0. The minimum absolute atomic E-state index is 0.240. The van der Waals surface area contributed by atoms with Crippen molar-refractivity contribution < 1.29 is 14.3 Å². The molecule has 1 aromatic carbocycles. The molecule has 0 aromatic heterocycles. The van der Waals surface area contributed by atoms with Crippen LogP contribution in [0.3, 0.4) is 0 Å². The predicted octanol–water partition coefficient (Wildman–Crippen LogP) is 4.10. The van der Waals surface area contributed by atoms with E-state index >= 15 is 0 Å². The molecule has 0 spiro atoms. The van der Waals surface area contributed by atoms with Crippen LogP contribution in [0.4, 0.5) is 0 Å². The van der Waals surface area contributed by atoms with Gasteiger partial charge >= 0.3 is 0 Å². The van der Waals surface area contributed by atoms with Crippen molar-refractivity contribution in [3.63, 3.8) is 0 Å². The molecule has 0 atom stereocenters. The molecule has 0 saturated carbocycles. The maximum Gasteiger partial charge on any atom is 0.162 e. The van der Waals surface area contributed by atoms with E-state index in [-0.39, 0.29) is 5.78 Å². The summed E-state index contributed by atoms with van der Waals surface area (Å²) < 4.78 is 10.5. The number of carbonyl (C=O) groups excluding carboxylic acids is 1. The lowest BCUT2D eigenvalue weighted by Gasteiger charge is -2.12. The summed E-state index contributed by atoms with van der Waals surface area (Å²) >= 11 is 0. The van der Waals surface area contributed by atoms with Gasteiger partial charge in [-0.3, -0.25) is 4.79 Å². The van der Waals surface area contributed by atoms with Crippen LogP contribution in [0, 0.1) is 0 Å². The van der Waals surface area contributed by atoms with E-state index in [0.29, 0.717) is 17.9 Å². The molecular weight excluding hydrogens is 264 g/mol. The first-order chi connectivity index (χ1) is 10.2. The minimum Gasteiger partial charge on any atom is -0.493 e. The molecule has 0 amide bonds. The molecular formula is C18H24O3. The molecule has 114 valence electrons. The van der Waals surface area contributed by atoms with Crippen molar-refractivity contribution in [3.8, 4) is 11.5 Å². The van der Waals surface area contributed by atoms with E-state index in [1.807, 2.05) is 18.2 Å². The first-order valence-electron chi connectivity index (χ1n) is 7.67. The first-order valence-corrected chi connectivity index (χ1v) is 7.67. The monoisotopic (exact) mass is 288 g/mol. The lowest BCUT2D eigenvalue weighted by Crippen LogP contribution is -2.08. The molecule has 0 fully saturated rings. The van der Waals surface area contributed by atoms with E-state index in [1.165, 1.54) is 19.3 Å². The topological polar surface area (TPSA) is 35.5 Å². The molecule has 1 aliphatic carbocycles. The molecule has 0 unspecified atom stereocenters. The van der Waals surface area contributed by atoms with Gasteiger partial charge in [-0.2, -0.15) is 0 Å². The Morgan fingerprint density at radius 2 is 1.81 bits per heavy atom. The highest BCUT2D eigenvalue weighted by Crippen LogP contribution is 2.28. The van der Waals surface area contributed by atoms with Crippen LogP contribution in [0.1, 0.15) is 44.1 Å². The van der Waals surface area contributed by atoms with Gasteiger partial charge in [0.05, 0.1) is 14.2 Å². The van der Waals surface area contributed by atoms with Gasteiger partial charge in [0.2, 0.25) is 0 Å². The summed E-state index contributed by atoms with van der Waals surface area (Å²) in [6, 6.07) is 5.68. The fraction of sp³-hybridized carbons (Fsp3) is 0.500.